The molecule has 0 heterocycles. The Morgan fingerprint density at radius 1 is 1.78 bits per heavy atom. The molecule has 0 aromatic rings. The molecule has 52 valence electrons. The van der Waals surface area contributed by atoms with E-state index in [0.29, 0.717) is 0 Å². The van der Waals surface area contributed by atoms with Gasteiger partial charge in [0.05, 0.1) is 6.61 Å². The van der Waals surface area contributed by atoms with Crippen molar-refractivity contribution in [1.29, 1.82) is 0 Å². The number of esters is 1. The van der Waals surface area contributed by atoms with Gasteiger partial charge in [0.25, 0.3) is 0 Å². The van der Waals surface area contributed by atoms with Crippen LogP contribution in [0.5, 0.6) is 0 Å². The standard InChI is InChI=1S/C6H10O3/c1-3-9-6(8)4-5(2)7/h3-4H2,1-2H3/i2D,4D. The Balaban J connectivity index is 3.91. The highest BCUT2D eigenvalue weighted by atomic mass is 16.5. The van der Waals surface area contributed by atoms with Crippen LogP contribution in [0.15, 0.2) is 0 Å². The molecule has 0 saturated carbocycles. The van der Waals surface area contributed by atoms with Gasteiger partial charge in [0, 0.05) is 2.74 Å². The van der Waals surface area contributed by atoms with Gasteiger partial charge in [0.1, 0.15) is 12.2 Å². The highest BCUT2D eigenvalue weighted by molar-refractivity contribution is 5.94. The van der Waals surface area contributed by atoms with Gasteiger partial charge in [-0.3, -0.25) is 9.59 Å². The fourth-order valence-electron chi connectivity index (χ4n) is 0.315. The predicted molar refractivity (Wildman–Crippen MR) is 31.9 cm³/mol. The van der Waals surface area contributed by atoms with E-state index in [1.807, 2.05) is 0 Å². The van der Waals surface area contributed by atoms with E-state index in [1.54, 1.807) is 6.92 Å². The predicted octanol–water partition coefficient (Wildman–Crippen LogP) is 0.529. The highest BCUT2D eigenvalue weighted by Crippen LogP contribution is 1.86. The Kier molecular flexibility index (Phi) is 2.24. The van der Waals surface area contributed by atoms with Crippen LogP contribution < -0.4 is 0 Å². The zero-order chi connectivity index (χ0) is 8.85. The second-order valence-corrected chi connectivity index (χ2v) is 1.36. The van der Waals surface area contributed by atoms with Gasteiger partial charge < -0.3 is 4.74 Å². The SMILES string of the molecule is [2H]CC(=O)C([2H])C(=O)OCC. The van der Waals surface area contributed by atoms with Gasteiger partial charge in [-0.25, -0.2) is 0 Å². The average Bonchev–Trinajstić information content (AvgIpc) is 2.02. The summed E-state index contributed by atoms with van der Waals surface area (Å²) in [4.78, 5) is 21.2. The molecule has 0 N–H and O–H groups in total. The second-order valence-electron chi connectivity index (χ2n) is 1.36. The molecular formula is C6H10O3. The van der Waals surface area contributed by atoms with Crippen LogP contribution in [0.3, 0.4) is 0 Å². The van der Waals surface area contributed by atoms with Crippen LogP contribution in [-0.2, 0) is 14.3 Å². The zero-order valence-electron chi connectivity index (χ0n) is 7.22. The van der Waals surface area contributed by atoms with Crippen molar-refractivity contribution in [1.82, 2.24) is 0 Å². The molecule has 0 fully saturated rings. The van der Waals surface area contributed by atoms with E-state index in [-0.39, 0.29) is 6.61 Å². The third kappa shape index (κ3) is 5.00. The number of rotatable bonds is 3. The molecule has 0 aromatic heterocycles. The number of ether oxygens (including phenoxy) is 1. The summed E-state index contributed by atoms with van der Waals surface area (Å²) in [6, 6.07) is 0. The van der Waals surface area contributed by atoms with E-state index in [0.717, 1.165) is 0 Å². The first kappa shape index (κ1) is 4.97. The summed E-state index contributed by atoms with van der Waals surface area (Å²) in [5, 5.41) is 0. The van der Waals surface area contributed by atoms with Crippen molar-refractivity contribution in [2.45, 2.75) is 20.2 Å². The molecule has 3 heteroatoms. The van der Waals surface area contributed by atoms with E-state index < -0.39 is 25.0 Å². The summed E-state index contributed by atoms with van der Waals surface area (Å²) in [5.41, 5.74) is 0. The van der Waals surface area contributed by atoms with Crippen molar-refractivity contribution in [3.8, 4) is 0 Å². The summed E-state index contributed by atoms with van der Waals surface area (Å²) in [6.45, 7) is 1.20. The maximum Gasteiger partial charge on any atom is 0.313 e. The summed E-state index contributed by atoms with van der Waals surface area (Å²) < 4.78 is 17.9. The monoisotopic (exact) mass is 132 g/mol. The fourth-order valence-corrected chi connectivity index (χ4v) is 0.315. The minimum absolute atomic E-state index is 0.152. The summed E-state index contributed by atoms with van der Waals surface area (Å²) in [7, 11) is 0. The average molecular weight is 132 g/mol. The molecule has 0 radical (unpaired) electrons. The van der Waals surface area contributed by atoms with Crippen LogP contribution >= 0.6 is 0 Å². The van der Waals surface area contributed by atoms with Crippen LogP contribution in [0.2, 0.25) is 0 Å². The van der Waals surface area contributed by atoms with Crippen molar-refractivity contribution < 1.29 is 17.1 Å². The first-order valence-corrected chi connectivity index (χ1v) is 2.54. The number of ketones is 1. The Hall–Kier alpha value is -0.860. The van der Waals surface area contributed by atoms with Crippen molar-refractivity contribution in [3.05, 3.63) is 0 Å². The van der Waals surface area contributed by atoms with Gasteiger partial charge in [-0.1, -0.05) is 0 Å². The van der Waals surface area contributed by atoms with Crippen LogP contribution in [0, 0.1) is 0 Å². The largest absolute Gasteiger partial charge is 0.466 e. The molecule has 0 aliphatic heterocycles. The van der Waals surface area contributed by atoms with E-state index >= 15 is 0 Å². The molecular weight excluding hydrogens is 120 g/mol. The van der Waals surface area contributed by atoms with Gasteiger partial charge in [-0.15, -0.1) is 0 Å². The van der Waals surface area contributed by atoms with Gasteiger partial charge in [0.2, 0.25) is 0 Å². The fraction of sp³-hybridized carbons (Fsp3) is 0.667. The number of carbonyl (C=O) groups excluding carboxylic acids is 2. The van der Waals surface area contributed by atoms with Crippen LogP contribution in [0.25, 0.3) is 0 Å². The maximum atomic E-state index is 10.6. The maximum absolute atomic E-state index is 10.6. The van der Waals surface area contributed by atoms with Crippen molar-refractivity contribution in [3.63, 3.8) is 0 Å². The van der Waals surface area contributed by atoms with Crippen LogP contribution in [-0.4, -0.2) is 18.4 Å². The minimum atomic E-state index is -1.53. The molecule has 3 nitrogen and oxygen atoms in total. The van der Waals surface area contributed by atoms with E-state index in [4.69, 9.17) is 2.74 Å². The first-order chi connectivity index (χ1) is 5.13. The Morgan fingerprint density at radius 3 is 2.89 bits per heavy atom. The quantitative estimate of drug-likeness (QED) is 0.415. The molecule has 1 atom stereocenters. The van der Waals surface area contributed by atoms with E-state index in [2.05, 4.69) is 4.74 Å². The van der Waals surface area contributed by atoms with Crippen molar-refractivity contribution >= 4 is 11.8 Å². The molecule has 0 spiro atoms. The van der Waals surface area contributed by atoms with Crippen molar-refractivity contribution in [2.75, 3.05) is 6.61 Å². The van der Waals surface area contributed by atoms with Gasteiger partial charge >= 0.3 is 5.97 Å². The lowest BCUT2D eigenvalue weighted by Gasteiger charge is -1.96. The smallest absolute Gasteiger partial charge is 0.313 e. The van der Waals surface area contributed by atoms with Gasteiger partial charge in [-0.2, -0.15) is 0 Å². The van der Waals surface area contributed by atoms with Gasteiger partial charge in [0.15, 0.2) is 0 Å². The normalized spacial score (nSPS) is 15.2. The lowest BCUT2D eigenvalue weighted by atomic mass is 10.3. The molecule has 9 heavy (non-hydrogen) atoms. The molecule has 0 saturated heterocycles. The first-order valence-electron chi connectivity index (χ1n) is 3.82. The highest BCUT2D eigenvalue weighted by Gasteiger charge is 2.03. The number of hydrogen-bond donors (Lipinski definition) is 0. The van der Waals surface area contributed by atoms with Crippen LogP contribution in [0.1, 0.15) is 23.0 Å². The lowest BCUT2D eigenvalue weighted by molar-refractivity contribution is -0.145. The van der Waals surface area contributed by atoms with E-state index in [9.17, 15) is 9.59 Å². The number of Topliss-reactive ketones (excluding diaryl/α,β-unsaturated/α-hetero) is 1. The molecule has 0 rings (SSSR count). The summed E-state index contributed by atoms with van der Waals surface area (Å²) in [5.74, 6) is -1.60. The molecule has 0 aliphatic carbocycles. The zero-order valence-corrected chi connectivity index (χ0v) is 5.22. The second kappa shape index (κ2) is 4.06. The summed E-state index contributed by atoms with van der Waals surface area (Å²) in [6.07, 6.45) is -1.53. The van der Waals surface area contributed by atoms with Crippen molar-refractivity contribution in [2.24, 2.45) is 0 Å². The van der Waals surface area contributed by atoms with Crippen LogP contribution in [0.4, 0.5) is 0 Å². The number of hydrogen-bond acceptors (Lipinski definition) is 3. The lowest BCUT2D eigenvalue weighted by Crippen LogP contribution is -2.07. The Labute approximate surface area is 56.8 Å². The third-order valence-electron chi connectivity index (χ3n) is 0.565. The molecule has 0 bridgehead atoms. The Morgan fingerprint density at radius 2 is 2.44 bits per heavy atom. The Bertz CT molecular complexity index is 158. The topological polar surface area (TPSA) is 43.4 Å². The van der Waals surface area contributed by atoms with E-state index in [1.165, 1.54) is 0 Å². The van der Waals surface area contributed by atoms with Gasteiger partial charge in [-0.05, 0) is 13.8 Å². The molecule has 0 amide bonds. The molecule has 0 aliphatic rings. The molecule has 0 aromatic carbocycles. The summed E-state index contributed by atoms with van der Waals surface area (Å²) >= 11 is 0. The molecule has 1 unspecified atom stereocenters. The third-order valence-corrected chi connectivity index (χ3v) is 0.565. The minimum Gasteiger partial charge on any atom is -0.466 e. The number of carbonyl (C=O) groups is 2.